The smallest absolute Gasteiger partial charge is 0.265 e. The number of rotatable bonds is 11. The predicted molar refractivity (Wildman–Crippen MR) is 168 cm³/mol. The lowest BCUT2D eigenvalue weighted by atomic mass is 10.1. The van der Waals surface area contributed by atoms with Gasteiger partial charge in [0.05, 0.1) is 27.6 Å². The predicted octanol–water partition coefficient (Wildman–Crippen LogP) is 6.14. The number of anilines is 1. The molecule has 41 heavy (non-hydrogen) atoms. The van der Waals surface area contributed by atoms with Gasteiger partial charge in [-0.2, -0.15) is 21.4 Å². The molecule has 0 saturated heterocycles. The van der Waals surface area contributed by atoms with E-state index in [9.17, 15) is 25.9 Å². The Morgan fingerprint density at radius 2 is 1.63 bits per heavy atom. The molecule has 0 radical (unpaired) electrons. The average molecular weight is 632 g/mol. The average Bonchev–Trinajstić information content (AvgIpc) is 3.44. The molecule has 12 heteroatoms. The summed E-state index contributed by atoms with van der Waals surface area (Å²) in [6.45, 7) is 2.94. The van der Waals surface area contributed by atoms with Gasteiger partial charge in [-0.3, -0.25) is 9.11 Å². The van der Waals surface area contributed by atoms with Crippen LogP contribution in [0.5, 0.6) is 0 Å². The van der Waals surface area contributed by atoms with Crippen molar-refractivity contribution < 1.29 is 30.5 Å². The topological polar surface area (TPSA) is 116 Å². The number of fused-ring (bicyclic) bond motifs is 4. The molecule has 2 heterocycles. The number of thioether (sulfide) groups is 1. The fourth-order valence-electron chi connectivity index (χ4n) is 4.97. The third kappa shape index (κ3) is 7.19. The van der Waals surface area contributed by atoms with Gasteiger partial charge in [0.15, 0.2) is 6.54 Å². The van der Waals surface area contributed by atoms with Gasteiger partial charge in [-0.25, -0.2) is 0 Å². The summed E-state index contributed by atoms with van der Waals surface area (Å²) < 4.78 is 67.4. The van der Waals surface area contributed by atoms with E-state index < -0.39 is 20.2 Å². The Morgan fingerprint density at radius 3 is 2.39 bits per heavy atom. The maximum atomic E-state index is 11.5. The zero-order chi connectivity index (χ0) is 29.2. The van der Waals surface area contributed by atoms with Crippen LogP contribution in [0, 0.1) is 0 Å². The molecule has 0 amide bonds. The molecule has 8 nitrogen and oxygen atoms in total. The van der Waals surface area contributed by atoms with Gasteiger partial charge < -0.3 is 4.90 Å². The normalized spacial score (nSPS) is 15.3. The molecule has 0 spiro atoms. The van der Waals surface area contributed by atoms with E-state index in [4.69, 9.17) is 0 Å². The molecule has 1 aliphatic heterocycles. The Bertz CT molecular complexity index is 1880. The number of hydrogen-bond acceptors (Lipinski definition) is 7. The molecule has 216 valence electrons. The van der Waals surface area contributed by atoms with Crippen molar-refractivity contribution in [2.45, 2.75) is 37.6 Å². The van der Waals surface area contributed by atoms with E-state index in [1.165, 1.54) is 0 Å². The highest BCUT2D eigenvalue weighted by atomic mass is 32.2. The highest BCUT2D eigenvalue weighted by Crippen LogP contribution is 2.46. The van der Waals surface area contributed by atoms with E-state index in [0.29, 0.717) is 13.1 Å². The first-order valence-corrected chi connectivity index (χ1v) is 18.1. The molecule has 5 rings (SSSR count). The third-order valence-corrected chi connectivity index (χ3v) is 10.7. The van der Waals surface area contributed by atoms with E-state index in [1.807, 2.05) is 36.4 Å². The minimum Gasteiger partial charge on any atom is -0.335 e. The molecule has 1 aliphatic rings. The van der Waals surface area contributed by atoms with Crippen molar-refractivity contribution in [2.75, 3.05) is 23.0 Å². The monoisotopic (exact) mass is 631 g/mol. The molecule has 1 aromatic heterocycles. The number of nitrogens with zero attached hydrogens (tertiary/aromatic N) is 2. The van der Waals surface area contributed by atoms with Crippen molar-refractivity contribution in [3.63, 3.8) is 0 Å². The Balaban J connectivity index is 1.55. The first kappa shape index (κ1) is 29.7. The number of aromatic nitrogens is 1. The van der Waals surface area contributed by atoms with Crippen LogP contribution in [0.2, 0.25) is 0 Å². The molecule has 0 saturated carbocycles. The minimum absolute atomic E-state index is 0.272. The molecule has 0 aliphatic carbocycles. The summed E-state index contributed by atoms with van der Waals surface area (Å²) in [4.78, 5) is 3.17. The molecule has 2 N–H and O–H groups in total. The lowest BCUT2D eigenvalue weighted by Gasteiger charge is -2.20. The second-order valence-corrected chi connectivity index (χ2v) is 15.0. The van der Waals surface area contributed by atoms with Crippen molar-refractivity contribution >= 4 is 76.1 Å². The maximum absolute atomic E-state index is 11.5. The van der Waals surface area contributed by atoms with E-state index >= 15 is 0 Å². The molecule has 0 bridgehead atoms. The fourth-order valence-corrected chi connectivity index (χ4v) is 8.30. The zero-order valence-corrected chi connectivity index (χ0v) is 25.7. The van der Waals surface area contributed by atoms with Crippen LogP contribution in [-0.4, -0.2) is 44.0 Å². The van der Waals surface area contributed by atoms with E-state index in [1.54, 1.807) is 23.1 Å². The first-order valence-electron chi connectivity index (χ1n) is 13.2. The summed E-state index contributed by atoms with van der Waals surface area (Å²) in [5, 5.41) is 4.12. The summed E-state index contributed by atoms with van der Waals surface area (Å²) in [5.74, 6) is -0.622. The molecule has 0 fully saturated rings. The van der Waals surface area contributed by atoms with Gasteiger partial charge >= 0.3 is 0 Å². The summed E-state index contributed by atoms with van der Waals surface area (Å²) in [6, 6.07) is 20.2. The standard InChI is InChI=1S/C29H30N2O6S4/c1-2-21(19-27-30(15-7-17-40(32,33)34)24-11-5-6-12-25(24)38-27)20-28-31(16-8-18-41(35,36)37)29-23-10-4-3-9-22(23)13-14-26(29)39-28/h3-6,9-14,19-20H,2,7-8,15-18H2,1H3,(H-,32,33,34,35,36,37)/p+1. The Hall–Kier alpha value is -2.74. The molecule has 0 unspecified atom stereocenters. The van der Waals surface area contributed by atoms with Crippen LogP contribution in [0.1, 0.15) is 31.2 Å². The summed E-state index contributed by atoms with van der Waals surface area (Å²) in [7, 11) is -8.12. The van der Waals surface area contributed by atoms with Crippen LogP contribution in [0.4, 0.5) is 5.69 Å². The number of allylic oxidation sites excluding steroid dienone is 2. The molecular weight excluding hydrogens is 601 g/mol. The summed E-state index contributed by atoms with van der Waals surface area (Å²) in [5.41, 5.74) is 3.09. The van der Waals surface area contributed by atoms with Crippen molar-refractivity contribution in [3.8, 4) is 0 Å². The highest BCUT2D eigenvalue weighted by molar-refractivity contribution is 8.03. The molecule has 4 aromatic rings. The number of aryl methyl sites for hydroxylation is 1. The number of para-hydroxylation sites is 1. The Labute approximate surface area is 248 Å². The first-order chi connectivity index (χ1) is 19.5. The quantitative estimate of drug-likeness (QED) is 0.150. The zero-order valence-electron chi connectivity index (χ0n) is 22.4. The Morgan fingerprint density at radius 1 is 0.927 bits per heavy atom. The van der Waals surface area contributed by atoms with Crippen molar-refractivity contribution in [1.82, 2.24) is 0 Å². The second-order valence-electron chi connectivity index (χ2n) is 9.78. The SMILES string of the molecule is CCC(/C=C1\Sc2ccccc2N1CCCS(=O)(=O)O)=C\c1sc2ccc3ccccc3c2[n+]1CCCS(=O)(=O)O. The fraction of sp³-hybridized carbons (Fsp3) is 0.276. The van der Waals surface area contributed by atoms with Crippen LogP contribution in [0.25, 0.3) is 27.1 Å². The summed E-state index contributed by atoms with van der Waals surface area (Å²) >= 11 is 3.25. The molecule has 3 aromatic carbocycles. The van der Waals surface area contributed by atoms with Gasteiger partial charge in [-0.05, 0) is 54.1 Å². The van der Waals surface area contributed by atoms with Crippen molar-refractivity contribution in [3.05, 3.63) is 82.3 Å². The number of hydrogen-bond donors (Lipinski definition) is 2. The second kappa shape index (κ2) is 12.2. The van der Waals surface area contributed by atoms with E-state index in [-0.39, 0.29) is 24.3 Å². The highest BCUT2D eigenvalue weighted by Gasteiger charge is 2.26. The van der Waals surface area contributed by atoms with Crippen molar-refractivity contribution in [1.29, 1.82) is 0 Å². The minimum atomic E-state index is -4.08. The van der Waals surface area contributed by atoms with Crippen LogP contribution in [-0.2, 0) is 26.8 Å². The van der Waals surface area contributed by atoms with Gasteiger partial charge in [-0.15, -0.1) is 0 Å². The van der Waals surface area contributed by atoms with Gasteiger partial charge in [0, 0.05) is 23.9 Å². The van der Waals surface area contributed by atoms with E-state index in [2.05, 4.69) is 52.8 Å². The lowest BCUT2D eigenvalue weighted by molar-refractivity contribution is -0.667. The van der Waals surface area contributed by atoms with Gasteiger partial charge in [0.25, 0.3) is 25.2 Å². The lowest BCUT2D eigenvalue weighted by Crippen LogP contribution is -2.36. The van der Waals surface area contributed by atoms with Gasteiger partial charge in [0.2, 0.25) is 5.52 Å². The van der Waals surface area contributed by atoms with Crippen LogP contribution in [0.3, 0.4) is 0 Å². The Kier molecular flexibility index (Phi) is 8.88. The number of thiazole rings is 1. The van der Waals surface area contributed by atoms with E-state index in [0.717, 1.165) is 53.6 Å². The largest absolute Gasteiger partial charge is 0.335 e. The van der Waals surface area contributed by atoms with Crippen molar-refractivity contribution in [2.24, 2.45) is 0 Å². The van der Waals surface area contributed by atoms with Crippen LogP contribution < -0.4 is 9.47 Å². The molecule has 0 atom stereocenters. The van der Waals surface area contributed by atoms with Gasteiger partial charge in [0.1, 0.15) is 4.70 Å². The van der Waals surface area contributed by atoms with Gasteiger partial charge in [-0.1, -0.05) is 66.4 Å². The maximum Gasteiger partial charge on any atom is 0.265 e. The number of benzene rings is 3. The molecular formula is C29H31N2O6S4+. The van der Waals surface area contributed by atoms with Crippen LogP contribution in [0.15, 0.2) is 82.2 Å². The third-order valence-electron chi connectivity index (χ3n) is 6.84. The summed E-state index contributed by atoms with van der Waals surface area (Å²) in [6.07, 6.45) is 5.53. The van der Waals surface area contributed by atoms with Crippen LogP contribution >= 0.6 is 23.1 Å².